The first-order valence-corrected chi connectivity index (χ1v) is 9.86. The Morgan fingerprint density at radius 3 is 2.31 bits per heavy atom. The first-order valence-electron chi connectivity index (χ1n) is 9.86. The molecule has 1 heterocycles. The normalized spacial score (nSPS) is 11.3. The van der Waals surface area contributed by atoms with E-state index in [-0.39, 0.29) is 30.0 Å². The molecule has 0 bridgehead atoms. The summed E-state index contributed by atoms with van der Waals surface area (Å²) >= 11 is 0. The highest BCUT2D eigenvalue weighted by atomic mass is 16.5. The fourth-order valence-corrected chi connectivity index (χ4v) is 3.71. The second kappa shape index (κ2) is 8.52. The molecular formula is C24H27NO4. The van der Waals surface area contributed by atoms with Gasteiger partial charge >= 0.3 is 0 Å². The molecule has 1 aromatic heterocycles. The zero-order valence-corrected chi connectivity index (χ0v) is 17.6. The number of carbonyl (C=O) groups is 1. The van der Waals surface area contributed by atoms with Gasteiger partial charge < -0.3 is 14.1 Å². The first-order chi connectivity index (χ1) is 13.8. The summed E-state index contributed by atoms with van der Waals surface area (Å²) in [5, 5.41) is 0.485. The highest BCUT2D eigenvalue weighted by Crippen LogP contribution is 2.26. The van der Waals surface area contributed by atoms with Crippen molar-refractivity contribution in [3.63, 3.8) is 0 Å². The number of amides is 1. The second-order valence-corrected chi connectivity index (χ2v) is 7.66. The monoisotopic (exact) mass is 393 g/mol. The van der Waals surface area contributed by atoms with Gasteiger partial charge in [-0.3, -0.25) is 9.59 Å². The van der Waals surface area contributed by atoms with Crippen LogP contribution in [0.25, 0.3) is 22.1 Å². The van der Waals surface area contributed by atoms with E-state index in [1.807, 2.05) is 58.0 Å². The van der Waals surface area contributed by atoms with E-state index < -0.39 is 0 Å². The van der Waals surface area contributed by atoms with Crippen molar-refractivity contribution in [1.82, 2.24) is 4.90 Å². The molecule has 0 radical (unpaired) electrons. The highest BCUT2D eigenvalue weighted by Gasteiger charge is 2.20. The van der Waals surface area contributed by atoms with Gasteiger partial charge in [-0.1, -0.05) is 30.3 Å². The summed E-state index contributed by atoms with van der Waals surface area (Å²) in [6.45, 7) is 9.65. The average molecular weight is 393 g/mol. The third kappa shape index (κ3) is 4.34. The average Bonchev–Trinajstić information content (AvgIpc) is 2.66. The van der Waals surface area contributed by atoms with Crippen molar-refractivity contribution in [2.45, 2.75) is 46.7 Å². The number of hydrogen-bond acceptors (Lipinski definition) is 4. The van der Waals surface area contributed by atoms with Gasteiger partial charge in [-0.2, -0.15) is 0 Å². The van der Waals surface area contributed by atoms with Crippen molar-refractivity contribution in [1.29, 1.82) is 0 Å². The van der Waals surface area contributed by atoms with Gasteiger partial charge in [0, 0.05) is 18.2 Å². The molecular weight excluding hydrogens is 366 g/mol. The second-order valence-electron chi connectivity index (χ2n) is 7.66. The zero-order valence-electron chi connectivity index (χ0n) is 17.6. The Morgan fingerprint density at radius 1 is 1.03 bits per heavy atom. The van der Waals surface area contributed by atoms with Crippen LogP contribution >= 0.6 is 0 Å². The molecule has 2 aromatic carbocycles. The fraction of sp³-hybridized carbons (Fsp3) is 0.333. The summed E-state index contributed by atoms with van der Waals surface area (Å²) in [6, 6.07) is 14.7. The van der Waals surface area contributed by atoms with Gasteiger partial charge in [-0.15, -0.1) is 0 Å². The third-order valence-electron chi connectivity index (χ3n) is 4.87. The van der Waals surface area contributed by atoms with Crippen molar-refractivity contribution in [2.75, 3.05) is 6.61 Å². The van der Waals surface area contributed by atoms with Crippen molar-refractivity contribution in [2.24, 2.45) is 0 Å². The Labute approximate surface area is 170 Å². The molecule has 0 aliphatic carbocycles. The molecule has 3 aromatic rings. The van der Waals surface area contributed by atoms with Crippen molar-refractivity contribution < 1.29 is 13.9 Å². The molecule has 3 rings (SSSR count). The van der Waals surface area contributed by atoms with Crippen LogP contribution in [-0.4, -0.2) is 29.5 Å². The largest absolute Gasteiger partial charge is 0.484 e. The molecule has 0 saturated carbocycles. The number of benzene rings is 2. The van der Waals surface area contributed by atoms with Gasteiger partial charge in [-0.05, 0) is 52.3 Å². The van der Waals surface area contributed by atoms with E-state index in [9.17, 15) is 9.59 Å². The number of hydrogen-bond donors (Lipinski definition) is 0. The Morgan fingerprint density at radius 2 is 1.69 bits per heavy atom. The zero-order chi connectivity index (χ0) is 21.1. The lowest BCUT2D eigenvalue weighted by Gasteiger charge is -2.30. The molecule has 5 nitrogen and oxygen atoms in total. The number of fused-ring (bicyclic) bond motifs is 1. The highest BCUT2D eigenvalue weighted by molar-refractivity contribution is 5.84. The number of nitrogens with zero attached hydrogens (tertiary/aromatic N) is 1. The van der Waals surface area contributed by atoms with Crippen LogP contribution in [0.4, 0.5) is 0 Å². The van der Waals surface area contributed by atoms with E-state index in [4.69, 9.17) is 9.15 Å². The minimum absolute atomic E-state index is 0.0623. The Kier molecular flexibility index (Phi) is 6.06. The van der Waals surface area contributed by atoms with Crippen molar-refractivity contribution in [3.8, 4) is 16.9 Å². The summed E-state index contributed by atoms with van der Waals surface area (Å²) in [6.07, 6.45) is 0. The molecule has 5 heteroatoms. The van der Waals surface area contributed by atoms with Crippen LogP contribution in [0, 0.1) is 6.92 Å². The SMILES string of the molecule is Cc1oc2cc(OCC(=O)N(C(C)C)C(C)C)ccc2c(=O)c1-c1ccccc1. The molecule has 0 aliphatic heterocycles. The predicted molar refractivity (Wildman–Crippen MR) is 115 cm³/mol. The van der Waals surface area contributed by atoms with Gasteiger partial charge in [0.2, 0.25) is 5.43 Å². The van der Waals surface area contributed by atoms with Crippen LogP contribution in [0.15, 0.2) is 57.7 Å². The number of ether oxygens (including phenoxy) is 1. The van der Waals surface area contributed by atoms with Crippen LogP contribution in [-0.2, 0) is 4.79 Å². The lowest BCUT2D eigenvalue weighted by Crippen LogP contribution is -2.44. The molecule has 152 valence electrons. The quantitative estimate of drug-likeness (QED) is 0.604. The lowest BCUT2D eigenvalue weighted by atomic mass is 10.0. The van der Waals surface area contributed by atoms with Gasteiger partial charge in [-0.25, -0.2) is 0 Å². The smallest absolute Gasteiger partial charge is 0.260 e. The van der Waals surface area contributed by atoms with Crippen LogP contribution < -0.4 is 10.2 Å². The Bertz CT molecular complexity index is 1060. The maximum atomic E-state index is 13.0. The molecule has 0 N–H and O–H groups in total. The standard InChI is InChI=1S/C24H27NO4/c1-15(2)25(16(3)4)22(26)14-28-19-11-12-20-21(13-19)29-17(5)23(24(20)27)18-9-7-6-8-10-18/h6-13,15-16H,14H2,1-5H3. The van der Waals surface area contributed by atoms with E-state index in [0.717, 1.165) is 5.56 Å². The topological polar surface area (TPSA) is 59.8 Å². The van der Waals surface area contributed by atoms with Crippen molar-refractivity contribution >= 4 is 16.9 Å². The maximum absolute atomic E-state index is 13.0. The molecule has 0 spiro atoms. The molecule has 0 aliphatic rings. The van der Waals surface area contributed by atoms with Gasteiger partial charge in [0.1, 0.15) is 17.1 Å². The molecule has 0 atom stereocenters. The van der Waals surface area contributed by atoms with E-state index >= 15 is 0 Å². The van der Waals surface area contributed by atoms with Gasteiger partial charge in [0.15, 0.2) is 6.61 Å². The summed E-state index contributed by atoms with van der Waals surface area (Å²) in [4.78, 5) is 27.3. The van der Waals surface area contributed by atoms with Crippen LogP contribution in [0.5, 0.6) is 5.75 Å². The Balaban J connectivity index is 1.88. The molecule has 29 heavy (non-hydrogen) atoms. The van der Waals surface area contributed by atoms with E-state index in [0.29, 0.717) is 28.0 Å². The van der Waals surface area contributed by atoms with Gasteiger partial charge in [0.25, 0.3) is 5.91 Å². The van der Waals surface area contributed by atoms with Crippen LogP contribution in [0.1, 0.15) is 33.5 Å². The molecule has 0 unspecified atom stereocenters. The summed E-state index contributed by atoms with van der Waals surface area (Å²) in [5.74, 6) is 0.966. The maximum Gasteiger partial charge on any atom is 0.260 e. The van der Waals surface area contributed by atoms with Crippen molar-refractivity contribution in [3.05, 3.63) is 64.5 Å². The Hall–Kier alpha value is -3.08. The fourth-order valence-electron chi connectivity index (χ4n) is 3.71. The number of aryl methyl sites for hydroxylation is 1. The van der Waals surface area contributed by atoms with Crippen LogP contribution in [0.3, 0.4) is 0 Å². The third-order valence-corrected chi connectivity index (χ3v) is 4.87. The summed E-state index contributed by atoms with van der Waals surface area (Å²) in [5.41, 5.74) is 1.76. The molecule has 0 saturated heterocycles. The predicted octanol–water partition coefficient (Wildman–Crippen LogP) is 4.79. The van der Waals surface area contributed by atoms with Gasteiger partial charge in [0.05, 0.1) is 10.9 Å². The number of carbonyl (C=O) groups excluding carboxylic acids is 1. The number of rotatable bonds is 6. The van der Waals surface area contributed by atoms with E-state index in [1.54, 1.807) is 30.0 Å². The molecule has 0 fully saturated rings. The minimum atomic E-state index is -0.0802. The lowest BCUT2D eigenvalue weighted by molar-refractivity contribution is -0.136. The minimum Gasteiger partial charge on any atom is -0.484 e. The summed E-state index contributed by atoms with van der Waals surface area (Å²) in [7, 11) is 0. The van der Waals surface area contributed by atoms with Crippen LogP contribution in [0.2, 0.25) is 0 Å². The molecule has 1 amide bonds. The van der Waals surface area contributed by atoms with E-state index in [2.05, 4.69) is 0 Å². The summed E-state index contributed by atoms with van der Waals surface area (Å²) < 4.78 is 11.6. The first kappa shape index (κ1) is 20.6. The van der Waals surface area contributed by atoms with E-state index in [1.165, 1.54) is 0 Å².